The summed E-state index contributed by atoms with van der Waals surface area (Å²) in [6.07, 6.45) is 2.25. The fraction of sp³-hybridized carbons (Fsp3) is 0.714. The van der Waals surface area contributed by atoms with Crippen molar-refractivity contribution in [2.75, 3.05) is 5.88 Å². The number of Topliss-reactive ketones (excluding diaryl/α,β-unsaturated/α-hetero) is 1. The first-order valence-electron chi connectivity index (χ1n) is 9.77. The van der Waals surface area contributed by atoms with Crippen molar-refractivity contribution in [2.24, 2.45) is 22.7 Å². The number of carbonyl (C=O) groups excluding carboxylic acids is 2. The topological polar surface area (TPSA) is 94.8 Å². The molecule has 0 heterocycles. The number of aliphatic hydroxyl groups is 3. The summed E-state index contributed by atoms with van der Waals surface area (Å²) < 4.78 is 16.8. The highest BCUT2D eigenvalue weighted by Gasteiger charge is 2.76. The van der Waals surface area contributed by atoms with Gasteiger partial charge in [0.15, 0.2) is 22.8 Å². The second kappa shape index (κ2) is 5.97. The molecule has 4 aliphatic carbocycles. The summed E-state index contributed by atoms with van der Waals surface area (Å²) in [5.74, 6) is -2.53. The normalized spacial score (nSPS) is 52.5. The summed E-state index contributed by atoms with van der Waals surface area (Å²) in [5.41, 5.74) is -5.85. The van der Waals surface area contributed by atoms with E-state index < -0.39 is 57.8 Å². The van der Waals surface area contributed by atoms with Crippen molar-refractivity contribution in [1.29, 1.82) is 0 Å². The van der Waals surface area contributed by atoms with Crippen LogP contribution in [0.4, 0.5) is 4.39 Å². The molecule has 0 bridgehead atoms. The first-order chi connectivity index (χ1) is 13.0. The van der Waals surface area contributed by atoms with E-state index in [1.165, 1.54) is 12.2 Å². The zero-order chi connectivity index (χ0) is 20.7. The summed E-state index contributed by atoms with van der Waals surface area (Å²) in [5, 5.41) is 32.9. The molecule has 0 amide bonds. The molecule has 4 aliphatic rings. The summed E-state index contributed by atoms with van der Waals surface area (Å²) in [6.45, 7) is 3.34. The third-order valence-electron chi connectivity index (χ3n) is 8.41. The van der Waals surface area contributed by atoms with Crippen LogP contribution >= 0.6 is 11.6 Å². The molecule has 0 aromatic rings. The number of ketones is 2. The third-order valence-corrected chi connectivity index (χ3v) is 8.65. The lowest BCUT2D eigenvalue weighted by Crippen LogP contribution is -2.69. The molecule has 2 unspecified atom stereocenters. The van der Waals surface area contributed by atoms with E-state index in [0.29, 0.717) is 18.4 Å². The Morgan fingerprint density at radius 1 is 1.29 bits per heavy atom. The highest BCUT2D eigenvalue weighted by molar-refractivity contribution is 6.29. The molecule has 154 valence electrons. The van der Waals surface area contributed by atoms with Gasteiger partial charge in [-0.1, -0.05) is 18.6 Å². The highest BCUT2D eigenvalue weighted by atomic mass is 35.5. The standard InChI is InChI=1S/C21H26ClFO5/c1-18-6-5-12(24)7-11(18)3-4-13-14-8-15(25)21(28,17(27)10-22)19(14,2)9-16(26)20(13,18)23/h5-7,13-16,25-26,28H,3-4,8-10H2,1-2H3/t13-,14-,15?,16?,18-,19-,20-,21-/m0/s1. The number of carbonyl (C=O) groups is 2. The van der Waals surface area contributed by atoms with Crippen LogP contribution in [0.25, 0.3) is 0 Å². The Balaban J connectivity index is 1.84. The van der Waals surface area contributed by atoms with Gasteiger partial charge in [0.2, 0.25) is 0 Å². The van der Waals surface area contributed by atoms with Crippen molar-refractivity contribution in [3.05, 3.63) is 23.8 Å². The van der Waals surface area contributed by atoms with Crippen molar-refractivity contribution in [3.8, 4) is 0 Å². The van der Waals surface area contributed by atoms with Gasteiger partial charge >= 0.3 is 0 Å². The lowest BCUT2D eigenvalue weighted by atomic mass is 9.44. The molecule has 8 atom stereocenters. The fourth-order valence-corrected chi connectivity index (χ4v) is 7.03. The average Bonchev–Trinajstić information content (AvgIpc) is 2.84. The van der Waals surface area contributed by atoms with E-state index >= 15 is 4.39 Å². The summed E-state index contributed by atoms with van der Waals surface area (Å²) in [7, 11) is 0. The lowest BCUT2D eigenvalue weighted by molar-refractivity contribution is -0.220. The third kappa shape index (κ3) is 2.07. The fourth-order valence-electron chi connectivity index (χ4n) is 6.83. The minimum atomic E-state index is -2.11. The smallest absolute Gasteiger partial charge is 0.182 e. The molecular formula is C21H26ClFO5. The molecule has 0 aromatic heterocycles. The van der Waals surface area contributed by atoms with Gasteiger partial charge < -0.3 is 15.3 Å². The SMILES string of the molecule is C[C@]12C=CC(=O)C=C1CC[C@H]1[C@@H]3CC(O)[C@](O)(C(=O)CCl)[C@@]3(C)CC(O)[C@@]12F. The zero-order valence-electron chi connectivity index (χ0n) is 16.0. The second-order valence-electron chi connectivity index (χ2n) is 9.34. The number of allylic oxidation sites excluding steroid dienone is 4. The Kier molecular flexibility index (Phi) is 4.31. The maximum absolute atomic E-state index is 16.8. The van der Waals surface area contributed by atoms with Gasteiger partial charge in [0.25, 0.3) is 0 Å². The predicted molar refractivity (Wildman–Crippen MR) is 100 cm³/mol. The van der Waals surface area contributed by atoms with Crippen molar-refractivity contribution in [2.45, 2.75) is 63.0 Å². The second-order valence-corrected chi connectivity index (χ2v) is 9.61. The molecule has 7 heteroatoms. The van der Waals surface area contributed by atoms with Gasteiger partial charge in [-0.05, 0) is 50.7 Å². The quantitative estimate of drug-likeness (QED) is 0.602. The van der Waals surface area contributed by atoms with Crippen LogP contribution in [0.15, 0.2) is 23.8 Å². The van der Waals surface area contributed by atoms with E-state index in [4.69, 9.17) is 11.6 Å². The minimum absolute atomic E-state index is 0.0659. The lowest BCUT2D eigenvalue weighted by Gasteiger charge is -2.62. The van der Waals surface area contributed by atoms with E-state index in [-0.39, 0.29) is 18.6 Å². The van der Waals surface area contributed by atoms with Gasteiger partial charge in [-0.2, -0.15) is 0 Å². The van der Waals surface area contributed by atoms with Crippen LogP contribution in [0.1, 0.15) is 39.5 Å². The maximum Gasteiger partial charge on any atom is 0.182 e. The van der Waals surface area contributed by atoms with Gasteiger partial charge in [-0.25, -0.2) is 4.39 Å². The van der Waals surface area contributed by atoms with E-state index in [0.717, 1.165) is 0 Å². The molecule has 0 spiro atoms. The largest absolute Gasteiger partial charge is 0.390 e. The predicted octanol–water partition coefficient (Wildman–Crippen LogP) is 1.87. The Morgan fingerprint density at radius 2 is 1.96 bits per heavy atom. The molecule has 3 fully saturated rings. The molecule has 0 radical (unpaired) electrons. The zero-order valence-corrected chi connectivity index (χ0v) is 16.7. The Morgan fingerprint density at radius 3 is 2.61 bits per heavy atom. The van der Waals surface area contributed by atoms with E-state index in [2.05, 4.69) is 0 Å². The highest BCUT2D eigenvalue weighted by Crippen LogP contribution is 2.69. The van der Waals surface area contributed by atoms with Crippen LogP contribution in [0, 0.1) is 22.7 Å². The molecule has 3 saturated carbocycles. The molecule has 4 rings (SSSR count). The average molecular weight is 413 g/mol. The summed E-state index contributed by atoms with van der Waals surface area (Å²) >= 11 is 5.70. The number of halogens is 2. The van der Waals surface area contributed by atoms with Crippen LogP contribution in [-0.2, 0) is 9.59 Å². The number of hydrogen-bond donors (Lipinski definition) is 3. The van der Waals surface area contributed by atoms with Crippen LogP contribution in [0.2, 0.25) is 0 Å². The summed E-state index contributed by atoms with van der Waals surface area (Å²) in [6, 6.07) is 0. The van der Waals surface area contributed by atoms with Crippen LogP contribution in [0.3, 0.4) is 0 Å². The number of hydrogen-bond acceptors (Lipinski definition) is 5. The number of aliphatic hydroxyl groups excluding tert-OH is 2. The molecule has 28 heavy (non-hydrogen) atoms. The molecule has 5 nitrogen and oxygen atoms in total. The minimum Gasteiger partial charge on any atom is -0.390 e. The molecule has 0 aromatic carbocycles. The number of rotatable bonds is 2. The number of fused-ring (bicyclic) bond motifs is 5. The molecule has 0 saturated heterocycles. The maximum atomic E-state index is 16.8. The van der Waals surface area contributed by atoms with Crippen molar-refractivity contribution in [3.63, 3.8) is 0 Å². The van der Waals surface area contributed by atoms with E-state index in [1.54, 1.807) is 19.9 Å². The first kappa shape index (κ1) is 20.2. The first-order valence-corrected chi connectivity index (χ1v) is 10.3. The van der Waals surface area contributed by atoms with E-state index in [9.17, 15) is 24.9 Å². The van der Waals surface area contributed by atoms with Crippen LogP contribution in [0.5, 0.6) is 0 Å². The molecule has 3 N–H and O–H groups in total. The van der Waals surface area contributed by atoms with Crippen LogP contribution < -0.4 is 0 Å². The van der Waals surface area contributed by atoms with Crippen molar-refractivity contribution < 1.29 is 29.3 Å². The van der Waals surface area contributed by atoms with Gasteiger partial charge in [0.05, 0.1) is 18.1 Å². The van der Waals surface area contributed by atoms with E-state index in [1.807, 2.05) is 0 Å². The van der Waals surface area contributed by atoms with Gasteiger partial charge in [0, 0.05) is 16.7 Å². The Labute approximate surface area is 168 Å². The molecule has 0 aliphatic heterocycles. The van der Waals surface area contributed by atoms with Crippen molar-refractivity contribution >= 4 is 23.2 Å². The van der Waals surface area contributed by atoms with Gasteiger partial charge in [-0.15, -0.1) is 11.6 Å². The summed E-state index contributed by atoms with van der Waals surface area (Å²) in [4.78, 5) is 24.3. The van der Waals surface area contributed by atoms with Crippen molar-refractivity contribution in [1.82, 2.24) is 0 Å². The van der Waals surface area contributed by atoms with Gasteiger partial charge in [0.1, 0.15) is 0 Å². The monoisotopic (exact) mass is 412 g/mol. The van der Waals surface area contributed by atoms with Crippen LogP contribution in [-0.4, -0.2) is 56.2 Å². The molecular weight excluding hydrogens is 387 g/mol. The number of alkyl halides is 2. The van der Waals surface area contributed by atoms with Gasteiger partial charge in [-0.3, -0.25) is 9.59 Å². The Bertz CT molecular complexity index is 811. The Hall–Kier alpha value is -1.08.